The molecule has 1 atom stereocenters. The molecule has 0 saturated heterocycles. The van der Waals surface area contributed by atoms with E-state index in [1.165, 1.54) is 0 Å². The predicted octanol–water partition coefficient (Wildman–Crippen LogP) is 3.02. The molecule has 0 heterocycles. The third-order valence-corrected chi connectivity index (χ3v) is 2.49. The molecule has 1 rings (SSSR count). The zero-order chi connectivity index (χ0) is 9.84. The average Bonchev–Trinajstić information content (AvgIpc) is 2.04. The van der Waals surface area contributed by atoms with E-state index in [9.17, 15) is 0 Å². The number of nitriles is 1. The number of nitrogens with zero attached hydrogens (tertiary/aromatic N) is 1. The Morgan fingerprint density at radius 2 is 2.31 bits per heavy atom. The predicted molar refractivity (Wildman–Crippen MR) is 56.3 cm³/mol. The van der Waals surface area contributed by atoms with Gasteiger partial charge in [-0.3, -0.25) is 0 Å². The maximum absolute atomic E-state index is 8.46. The van der Waals surface area contributed by atoms with Gasteiger partial charge in [-0.25, -0.2) is 0 Å². The maximum atomic E-state index is 8.46. The van der Waals surface area contributed by atoms with Crippen LogP contribution in [0.3, 0.4) is 0 Å². The molecule has 0 amide bonds. The Morgan fingerprint density at radius 3 is 2.85 bits per heavy atom. The van der Waals surface area contributed by atoms with Gasteiger partial charge in [-0.2, -0.15) is 5.26 Å². The third kappa shape index (κ3) is 2.70. The molecule has 1 aromatic carbocycles. The van der Waals surface area contributed by atoms with Crippen molar-refractivity contribution >= 4 is 27.5 Å². The lowest BCUT2D eigenvalue weighted by molar-refractivity contribution is 0.748. The van der Waals surface area contributed by atoms with Crippen molar-refractivity contribution in [1.29, 1.82) is 5.26 Å². The van der Waals surface area contributed by atoms with Crippen molar-refractivity contribution in [3.05, 3.63) is 33.3 Å². The Labute approximate surface area is 90.4 Å². The maximum Gasteiger partial charge on any atom is 0.0641 e. The molecule has 2 nitrogen and oxygen atoms in total. The summed E-state index contributed by atoms with van der Waals surface area (Å²) in [6.07, 6.45) is 0.279. The van der Waals surface area contributed by atoms with Gasteiger partial charge in [0.05, 0.1) is 12.5 Å². The smallest absolute Gasteiger partial charge is 0.0641 e. The van der Waals surface area contributed by atoms with Crippen LogP contribution in [0.4, 0.5) is 0 Å². The molecule has 1 unspecified atom stereocenters. The number of hydrogen-bond acceptors (Lipinski definition) is 2. The van der Waals surface area contributed by atoms with E-state index in [-0.39, 0.29) is 12.5 Å². The molecular formula is C9H8BrClN2. The summed E-state index contributed by atoms with van der Waals surface area (Å²) >= 11 is 9.23. The van der Waals surface area contributed by atoms with Crippen LogP contribution in [-0.2, 0) is 0 Å². The summed E-state index contributed by atoms with van der Waals surface area (Å²) in [5, 5.41) is 9.06. The van der Waals surface area contributed by atoms with Crippen LogP contribution in [0.15, 0.2) is 22.7 Å². The van der Waals surface area contributed by atoms with Gasteiger partial charge in [0.2, 0.25) is 0 Å². The van der Waals surface area contributed by atoms with Crippen molar-refractivity contribution in [2.24, 2.45) is 5.73 Å². The van der Waals surface area contributed by atoms with E-state index in [0.29, 0.717) is 5.02 Å². The molecule has 1 aromatic rings. The number of hydrogen-bond donors (Lipinski definition) is 1. The summed E-state index contributed by atoms with van der Waals surface area (Å²) in [6, 6.07) is 7.17. The lowest BCUT2D eigenvalue weighted by Gasteiger charge is -2.09. The van der Waals surface area contributed by atoms with Crippen molar-refractivity contribution in [2.45, 2.75) is 12.5 Å². The molecule has 0 radical (unpaired) electrons. The summed E-state index contributed by atoms with van der Waals surface area (Å²) in [5.41, 5.74) is 6.55. The van der Waals surface area contributed by atoms with Crippen molar-refractivity contribution in [1.82, 2.24) is 0 Å². The van der Waals surface area contributed by atoms with E-state index < -0.39 is 0 Å². The quantitative estimate of drug-likeness (QED) is 0.887. The van der Waals surface area contributed by atoms with E-state index in [1.54, 1.807) is 6.07 Å². The fourth-order valence-corrected chi connectivity index (χ4v) is 1.82. The van der Waals surface area contributed by atoms with E-state index in [4.69, 9.17) is 22.6 Å². The highest BCUT2D eigenvalue weighted by Gasteiger charge is 2.09. The normalized spacial score (nSPS) is 12.2. The van der Waals surface area contributed by atoms with Crippen LogP contribution in [0.5, 0.6) is 0 Å². The van der Waals surface area contributed by atoms with Crippen LogP contribution in [0, 0.1) is 11.3 Å². The average molecular weight is 260 g/mol. The van der Waals surface area contributed by atoms with Gasteiger partial charge in [-0.15, -0.1) is 0 Å². The zero-order valence-corrected chi connectivity index (χ0v) is 9.14. The molecule has 2 N–H and O–H groups in total. The van der Waals surface area contributed by atoms with E-state index in [0.717, 1.165) is 10.0 Å². The number of benzene rings is 1. The second-order valence-corrected chi connectivity index (χ2v) is 3.96. The lowest BCUT2D eigenvalue weighted by Crippen LogP contribution is -2.09. The van der Waals surface area contributed by atoms with Crippen LogP contribution in [-0.4, -0.2) is 0 Å². The van der Waals surface area contributed by atoms with Gasteiger partial charge < -0.3 is 5.73 Å². The topological polar surface area (TPSA) is 49.8 Å². The molecule has 0 fully saturated rings. The first-order chi connectivity index (χ1) is 6.15. The number of halogens is 2. The first-order valence-corrected chi connectivity index (χ1v) is 4.89. The van der Waals surface area contributed by atoms with E-state index >= 15 is 0 Å². The number of rotatable bonds is 2. The first-order valence-electron chi connectivity index (χ1n) is 3.72. The highest BCUT2D eigenvalue weighted by Crippen LogP contribution is 2.26. The fraction of sp³-hybridized carbons (Fsp3) is 0.222. The zero-order valence-electron chi connectivity index (χ0n) is 6.80. The third-order valence-electron chi connectivity index (χ3n) is 1.67. The van der Waals surface area contributed by atoms with E-state index in [1.807, 2.05) is 18.2 Å². The van der Waals surface area contributed by atoms with E-state index in [2.05, 4.69) is 15.9 Å². The first kappa shape index (κ1) is 10.5. The molecular weight excluding hydrogens is 251 g/mol. The molecule has 0 spiro atoms. The van der Waals surface area contributed by atoms with Gasteiger partial charge in [-0.1, -0.05) is 33.6 Å². The minimum absolute atomic E-state index is 0.279. The second kappa shape index (κ2) is 4.61. The largest absolute Gasteiger partial charge is 0.323 e. The highest BCUT2D eigenvalue weighted by atomic mass is 79.9. The van der Waals surface area contributed by atoms with Gasteiger partial charge in [-0.05, 0) is 17.7 Å². The second-order valence-electron chi connectivity index (χ2n) is 2.63. The molecule has 0 aliphatic heterocycles. The van der Waals surface area contributed by atoms with Crippen LogP contribution >= 0.6 is 27.5 Å². The van der Waals surface area contributed by atoms with Crippen molar-refractivity contribution in [3.63, 3.8) is 0 Å². The van der Waals surface area contributed by atoms with Crippen LogP contribution in [0.1, 0.15) is 18.0 Å². The van der Waals surface area contributed by atoms with Gasteiger partial charge in [0, 0.05) is 15.5 Å². The SMILES string of the molecule is N#CCC(N)c1ccc(Br)cc1Cl. The Bertz CT molecular complexity index is 346. The van der Waals surface area contributed by atoms with Gasteiger partial charge in [0.1, 0.15) is 0 Å². The monoisotopic (exact) mass is 258 g/mol. The van der Waals surface area contributed by atoms with Crippen LogP contribution < -0.4 is 5.73 Å². The summed E-state index contributed by atoms with van der Waals surface area (Å²) < 4.78 is 0.908. The minimum Gasteiger partial charge on any atom is -0.323 e. The lowest BCUT2D eigenvalue weighted by atomic mass is 10.1. The fourth-order valence-electron chi connectivity index (χ4n) is 1.01. The minimum atomic E-state index is -0.300. The summed E-state index contributed by atoms with van der Waals surface area (Å²) in [7, 11) is 0. The molecule has 0 aliphatic carbocycles. The highest BCUT2D eigenvalue weighted by molar-refractivity contribution is 9.10. The van der Waals surface area contributed by atoms with Gasteiger partial charge in [0.15, 0.2) is 0 Å². The molecule has 4 heteroatoms. The van der Waals surface area contributed by atoms with Crippen molar-refractivity contribution in [2.75, 3.05) is 0 Å². The Morgan fingerprint density at radius 1 is 1.62 bits per heavy atom. The summed E-state index contributed by atoms with van der Waals surface area (Å²) in [4.78, 5) is 0. The van der Waals surface area contributed by atoms with Gasteiger partial charge in [0.25, 0.3) is 0 Å². The molecule has 0 aromatic heterocycles. The number of nitrogens with two attached hydrogens (primary N) is 1. The molecule has 68 valence electrons. The standard InChI is InChI=1S/C9H8BrClN2/c10-6-1-2-7(8(11)5-6)9(13)3-4-12/h1-2,5,9H,3,13H2. The van der Waals surface area contributed by atoms with Crippen LogP contribution in [0.2, 0.25) is 5.02 Å². The molecule has 13 heavy (non-hydrogen) atoms. The van der Waals surface area contributed by atoms with Crippen molar-refractivity contribution in [3.8, 4) is 6.07 Å². The van der Waals surface area contributed by atoms with Gasteiger partial charge >= 0.3 is 0 Å². The Kier molecular flexibility index (Phi) is 3.73. The summed E-state index contributed by atoms with van der Waals surface area (Å²) in [6.45, 7) is 0. The van der Waals surface area contributed by atoms with Crippen molar-refractivity contribution < 1.29 is 0 Å². The molecule has 0 aliphatic rings. The van der Waals surface area contributed by atoms with Crippen LogP contribution in [0.25, 0.3) is 0 Å². The molecule has 0 saturated carbocycles. The Balaban J connectivity index is 2.96. The molecule has 0 bridgehead atoms. The summed E-state index contributed by atoms with van der Waals surface area (Å²) in [5.74, 6) is 0. The Hall–Kier alpha value is -0.560.